The number of rotatable bonds is 1. The molecule has 0 unspecified atom stereocenters. The van der Waals surface area contributed by atoms with Crippen LogP contribution in [-0.2, 0) is 15.2 Å². The smallest absolute Gasteiger partial charge is 0.178 e. The monoisotopic (exact) mass is 620 g/mol. The molecular formula is C26H23Br3O3. The number of hydrogen-bond donors (Lipinski definition) is 1. The van der Waals surface area contributed by atoms with Gasteiger partial charge in [-0.15, -0.1) is 0 Å². The van der Waals surface area contributed by atoms with Crippen molar-refractivity contribution in [3.8, 4) is 0 Å². The van der Waals surface area contributed by atoms with Gasteiger partial charge in [-0.1, -0.05) is 92.0 Å². The summed E-state index contributed by atoms with van der Waals surface area (Å²) in [5.41, 5.74) is -0.358. The van der Waals surface area contributed by atoms with Crippen molar-refractivity contribution >= 4 is 59.4 Å². The third-order valence-corrected chi connectivity index (χ3v) is 5.91. The van der Waals surface area contributed by atoms with Gasteiger partial charge in [-0.3, -0.25) is 9.59 Å². The van der Waals surface area contributed by atoms with Crippen molar-refractivity contribution in [1.82, 2.24) is 0 Å². The van der Waals surface area contributed by atoms with Crippen molar-refractivity contribution < 1.29 is 14.7 Å². The van der Waals surface area contributed by atoms with E-state index in [0.29, 0.717) is 0 Å². The maximum absolute atomic E-state index is 11.0. The second-order valence-corrected chi connectivity index (χ2v) is 10.5. The van der Waals surface area contributed by atoms with Crippen LogP contribution in [0.1, 0.15) is 19.4 Å². The molecule has 166 valence electrons. The molecule has 2 aromatic carbocycles. The van der Waals surface area contributed by atoms with Gasteiger partial charge in [-0.25, -0.2) is 0 Å². The fourth-order valence-electron chi connectivity index (χ4n) is 2.62. The van der Waals surface area contributed by atoms with Gasteiger partial charge in [0.05, 0.1) is 0 Å². The highest BCUT2D eigenvalue weighted by Gasteiger charge is 2.25. The normalized spacial score (nSPS) is 17.2. The van der Waals surface area contributed by atoms with Crippen LogP contribution in [0.4, 0.5) is 0 Å². The lowest BCUT2D eigenvalue weighted by Gasteiger charge is -2.23. The number of carbonyl (C=O) groups is 2. The van der Waals surface area contributed by atoms with E-state index in [1.165, 1.54) is 24.3 Å². The highest BCUT2D eigenvalue weighted by Crippen LogP contribution is 2.28. The third kappa shape index (κ3) is 8.94. The molecule has 2 aliphatic rings. The molecule has 6 heteroatoms. The van der Waals surface area contributed by atoms with Crippen LogP contribution in [0, 0.1) is 5.41 Å². The van der Waals surface area contributed by atoms with Gasteiger partial charge in [-0.2, -0.15) is 0 Å². The summed E-state index contributed by atoms with van der Waals surface area (Å²) in [6.45, 7) is 4.12. The van der Waals surface area contributed by atoms with Crippen LogP contribution < -0.4 is 0 Å². The Bertz CT molecular complexity index is 1040. The van der Waals surface area contributed by atoms with Gasteiger partial charge >= 0.3 is 0 Å². The first-order valence-corrected chi connectivity index (χ1v) is 12.1. The zero-order valence-corrected chi connectivity index (χ0v) is 22.4. The largest absolute Gasteiger partial charge is 0.377 e. The van der Waals surface area contributed by atoms with E-state index in [4.69, 9.17) is 0 Å². The highest BCUT2D eigenvalue weighted by molar-refractivity contribution is 9.11. The average molecular weight is 623 g/mol. The van der Waals surface area contributed by atoms with E-state index in [1.54, 1.807) is 12.2 Å². The van der Waals surface area contributed by atoms with E-state index in [1.807, 2.05) is 60.7 Å². The minimum atomic E-state index is -1.17. The first-order chi connectivity index (χ1) is 15.0. The molecule has 4 rings (SSSR count). The molecule has 0 spiro atoms. The molecule has 0 radical (unpaired) electrons. The standard InChI is InChI=1S/C12H9BrO2.C8H10O.C6H4Br2/c13-10-3-1-2-9(8-10)12(15)6-4-11(14)5-7-12;1-8(2)5-3-7(9)4-6-8;7-5-2-1-3-6(8)4-5/h1-8,15H;3-6H,1-2H3;1-4H. The predicted molar refractivity (Wildman–Crippen MR) is 140 cm³/mol. The number of benzene rings is 2. The SMILES string of the molecule is Brc1cccc(Br)c1.CC1(C)C=CC(=O)C=C1.O=C1C=CC(O)(c2cccc(Br)c2)C=C1. The van der Waals surface area contributed by atoms with E-state index in [0.717, 1.165) is 19.0 Å². The van der Waals surface area contributed by atoms with Gasteiger partial charge in [0.25, 0.3) is 0 Å². The maximum atomic E-state index is 11.0. The Morgan fingerprint density at radius 2 is 1.06 bits per heavy atom. The number of aliphatic hydroxyl groups is 1. The molecule has 0 atom stereocenters. The Kier molecular flexibility index (Phi) is 9.77. The summed E-state index contributed by atoms with van der Waals surface area (Å²) in [7, 11) is 0. The Hall–Kier alpha value is -1.86. The van der Waals surface area contributed by atoms with Gasteiger partial charge in [0.1, 0.15) is 5.60 Å². The molecule has 0 amide bonds. The number of ketones is 2. The highest BCUT2D eigenvalue weighted by atomic mass is 79.9. The van der Waals surface area contributed by atoms with Crippen LogP contribution in [0.3, 0.4) is 0 Å². The predicted octanol–water partition coefficient (Wildman–Crippen LogP) is 7.25. The van der Waals surface area contributed by atoms with Gasteiger partial charge in [0.15, 0.2) is 11.6 Å². The van der Waals surface area contributed by atoms with Crippen LogP contribution >= 0.6 is 47.8 Å². The maximum Gasteiger partial charge on any atom is 0.178 e. The van der Waals surface area contributed by atoms with Gasteiger partial charge in [0, 0.05) is 18.8 Å². The van der Waals surface area contributed by atoms with E-state index in [2.05, 4.69) is 61.6 Å². The lowest BCUT2D eigenvalue weighted by Crippen LogP contribution is -2.22. The molecule has 3 nitrogen and oxygen atoms in total. The van der Waals surface area contributed by atoms with E-state index >= 15 is 0 Å². The minimum absolute atomic E-state index is 0.0773. The summed E-state index contributed by atoms with van der Waals surface area (Å²) in [6, 6.07) is 15.3. The molecule has 1 N–H and O–H groups in total. The lowest BCUT2D eigenvalue weighted by molar-refractivity contribution is -0.111. The van der Waals surface area contributed by atoms with Gasteiger partial charge in [0.2, 0.25) is 0 Å². The Balaban J connectivity index is 0.000000183. The molecule has 0 heterocycles. The van der Waals surface area contributed by atoms with Crippen molar-refractivity contribution in [1.29, 1.82) is 0 Å². The zero-order chi connectivity index (χ0) is 23.8. The van der Waals surface area contributed by atoms with Crippen LogP contribution in [0.5, 0.6) is 0 Å². The fraction of sp³-hybridized carbons (Fsp3) is 0.154. The van der Waals surface area contributed by atoms with Crippen LogP contribution in [-0.4, -0.2) is 16.7 Å². The Morgan fingerprint density at radius 1 is 0.656 bits per heavy atom. The summed E-state index contributed by atoms with van der Waals surface area (Å²) in [5.74, 6) is -0.0102. The minimum Gasteiger partial charge on any atom is -0.377 e. The lowest BCUT2D eigenvalue weighted by atomic mass is 9.89. The molecule has 2 aliphatic carbocycles. The summed E-state index contributed by atoms with van der Waals surface area (Å²) < 4.78 is 3.10. The Morgan fingerprint density at radius 3 is 1.44 bits per heavy atom. The fourth-order valence-corrected chi connectivity index (χ4v) is 4.13. The van der Waals surface area contributed by atoms with E-state index in [-0.39, 0.29) is 17.0 Å². The van der Waals surface area contributed by atoms with Crippen molar-refractivity contribution in [3.63, 3.8) is 0 Å². The van der Waals surface area contributed by atoms with Crippen LogP contribution in [0.2, 0.25) is 0 Å². The second-order valence-electron chi connectivity index (χ2n) is 7.74. The van der Waals surface area contributed by atoms with E-state index < -0.39 is 5.60 Å². The number of hydrogen-bond acceptors (Lipinski definition) is 3. The third-order valence-electron chi connectivity index (χ3n) is 4.43. The molecule has 0 saturated carbocycles. The van der Waals surface area contributed by atoms with Crippen LogP contribution in [0.15, 0.2) is 111 Å². The quantitative estimate of drug-likeness (QED) is 0.365. The van der Waals surface area contributed by atoms with Crippen molar-refractivity contribution in [2.45, 2.75) is 19.4 Å². The molecule has 0 bridgehead atoms. The van der Waals surface area contributed by atoms with Gasteiger partial charge in [-0.05, 0) is 72.4 Å². The molecule has 0 aromatic heterocycles. The van der Waals surface area contributed by atoms with Crippen molar-refractivity contribution in [3.05, 3.63) is 116 Å². The number of carbonyl (C=O) groups excluding carboxylic acids is 2. The zero-order valence-electron chi connectivity index (χ0n) is 17.6. The topological polar surface area (TPSA) is 54.4 Å². The second kappa shape index (κ2) is 11.8. The molecule has 0 saturated heterocycles. The van der Waals surface area contributed by atoms with Crippen molar-refractivity contribution in [2.24, 2.45) is 5.41 Å². The molecular weight excluding hydrogens is 600 g/mol. The number of allylic oxidation sites excluding steroid dienone is 6. The average Bonchev–Trinajstić information content (AvgIpc) is 2.73. The Labute approximate surface area is 214 Å². The summed E-state index contributed by atoms with van der Waals surface area (Å²) in [5, 5.41) is 10.2. The van der Waals surface area contributed by atoms with E-state index in [9.17, 15) is 14.7 Å². The molecule has 32 heavy (non-hydrogen) atoms. The van der Waals surface area contributed by atoms with Crippen molar-refractivity contribution in [2.75, 3.05) is 0 Å². The first kappa shape index (κ1) is 26.4. The van der Waals surface area contributed by atoms with Crippen LogP contribution in [0.25, 0.3) is 0 Å². The number of halogens is 3. The molecule has 0 aliphatic heterocycles. The summed E-state index contributed by atoms with van der Waals surface area (Å²) in [6.07, 6.45) is 12.8. The van der Waals surface area contributed by atoms with Gasteiger partial charge < -0.3 is 5.11 Å². The molecule has 2 aromatic rings. The first-order valence-electron chi connectivity index (χ1n) is 9.73. The summed E-state index contributed by atoms with van der Waals surface area (Å²) in [4.78, 5) is 21.5. The molecule has 0 fully saturated rings. The summed E-state index contributed by atoms with van der Waals surface area (Å²) >= 11 is 10.0.